The summed E-state index contributed by atoms with van der Waals surface area (Å²) in [7, 11) is 1.42. The van der Waals surface area contributed by atoms with E-state index < -0.39 is 5.82 Å². The summed E-state index contributed by atoms with van der Waals surface area (Å²) in [6, 6.07) is 8.68. The highest BCUT2D eigenvalue weighted by atomic mass is 79.9. The lowest BCUT2D eigenvalue weighted by molar-refractivity contribution is 0.387. The van der Waals surface area contributed by atoms with Crippen molar-refractivity contribution in [2.75, 3.05) is 18.2 Å². The summed E-state index contributed by atoms with van der Waals surface area (Å²) in [6.45, 7) is 1.99. The number of aryl methyl sites for hydroxylation is 1. The Morgan fingerprint density at radius 3 is 2.63 bits per heavy atom. The molecule has 0 amide bonds. The Labute approximate surface area is 119 Å². The van der Waals surface area contributed by atoms with Gasteiger partial charge in [0.05, 0.1) is 24.2 Å². The molecule has 0 heterocycles. The number of ether oxygens (including phenoxy) is 1. The summed E-state index contributed by atoms with van der Waals surface area (Å²) in [5, 5.41) is 3.16. The molecular formula is C14H14BrFN2O. The predicted octanol–water partition coefficient (Wildman–Crippen LogP) is 4.23. The molecule has 0 unspecified atom stereocenters. The number of hydrogen-bond acceptors (Lipinski definition) is 3. The third kappa shape index (κ3) is 2.98. The molecule has 3 N–H and O–H groups in total. The van der Waals surface area contributed by atoms with Gasteiger partial charge in [0.15, 0.2) is 11.6 Å². The smallest absolute Gasteiger partial charge is 0.167 e. The van der Waals surface area contributed by atoms with Gasteiger partial charge in [-0.05, 0) is 40.5 Å². The molecule has 0 atom stereocenters. The van der Waals surface area contributed by atoms with Crippen molar-refractivity contribution in [2.24, 2.45) is 0 Å². The van der Waals surface area contributed by atoms with Crippen molar-refractivity contribution in [3.05, 3.63) is 46.2 Å². The SMILES string of the molecule is COc1cc(Nc2cc(C)ccc2Br)c(N)cc1F. The van der Waals surface area contributed by atoms with Gasteiger partial charge in [-0.1, -0.05) is 6.07 Å². The number of methoxy groups -OCH3 is 1. The predicted molar refractivity (Wildman–Crippen MR) is 79.5 cm³/mol. The van der Waals surface area contributed by atoms with Crippen LogP contribution in [0.3, 0.4) is 0 Å². The monoisotopic (exact) mass is 324 g/mol. The van der Waals surface area contributed by atoms with Crippen LogP contribution in [-0.2, 0) is 0 Å². The van der Waals surface area contributed by atoms with E-state index in [1.54, 1.807) is 6.07 Å². The van der Waals surface area contributed by atoms with Crippen LogP contribution in [0, 0.1) is 12.7 Å². The Morgan fingerprint density at radius 1 is 1.21 bits per heavy atom. The number of nitrogen functional groups attached to an aromatic ring is 1. The van der Waals surface area contributed by atoms with Gasteiger partial charge in [0.1, 0.15) is 0 Å². The molecule has 100 valence electrons. The summed E-state index contributed by atoms with van der Waals surface area (Å²) in [5.41, 5.74) is 8.71. The van der Waals surface area contributed by atoms with Crippen LogP contribution < -0.4 is 15.8 Å². The molecule has 2 aromatic rings. The quantitative estimate of drug-likeness (QED) is 0.830. The number of rotatable bonds is 3. The second-order valence-electron chi connectivity index (χ2n) is 4.18. The maximum Gasteiger partial charge on any atom is 0.167 e. The van der Waals surface area contributed by atoms with Gasteiger partial charge in [0.2, 0.25) is 0 Å². The van der Waals surface area contributed by atoms with Gasteiger partial charge in [0.25, 0.3) is 0 Å². The maximum absolute atomic E-state index is 13.5. The van der Waals surface area contributed by atoms with E-state index in [2.05, 4.69) is 21.2 Å². The zero-order valence-electron chi connectivity index (χ0n) is 10.6. The van der Waals surface area contributed by atoms with Crippen LogP contribution in [0.5, 0.6) is 5.75 Å². The van der Waals surface area contributed by atoms with Gasteiger partial charge in [-0.25, -0.2) is 4.39 Å². The van der Waals surface area contributed by atoms with Gasteiger partial charge in [-0.15, -0.1) is 0 Å². The van der Waals surface area contributed by atoms with Gasteiger partial charge in [-0.2, -0.15) is 0 Å². The molecule has 0 aromatic heterocycles. The minimum atomic E-state index is -0.478. The van der Waals surface area contributed by atoms with Crippen molar-refractivity contribution in [3.63, 3.8) is 0 Å². The lowest BCUT2D eigenvalue weighted by Crippen LogP contribution is -2.00. The Bertz CT molecular complexity index is 617. The van der Waals surface area contributed by atoms with E-state index >= 15 is 0 Å². The molecule has 0 spiro atoms. The van der Waals surface area contributed by atoms with Crippen LogP contribution in [-0.4, -0.2) is 7.11 Å². The number of nitrogens with two attached hydrogens (primary N) is 1. The van der Waals surface area contributed by atoms with E-state index in [4.69, 9.17) is 10.5 Å². The highest BCUT2D eigenvalue weighted by Crippen LogP contribution is 2.33. The van der Waals surface area contributed by atoms with E-state index in [9.17, 15) is 4.39 Å². The first-order valence-electron chi connectivity index (χ1n) is 5.67. The van der Waals surface area contributed by atoms with E-state index in [0.29, 0.717) is 11.4 Å². The zero-order chi connectivity index (χ0) is 14.0. The van der Waals surface area contributed by atoms with E-state index in [0.717, 1.165) is 15.7 Å². The van der Waals surface area contributed by atoms with Crippen molar-refractivity contribution >= 4 is 33.0 Å². The summed E-state index contributed by atoms with van der Waals surface area (Å²) in [4.78, 5) is 0. The number of halogens is 2. The Morgan fingerprint density at radius 2 is 1.95 bits per heavy atom. The number of benzene rings is 2. The van der Waals surface area contributed by atoms with Crippen molar-refractivity contribution in [1.82, 2.24) is 0 Å². The molecule has 0 bridgehead atoms. The topological polar surface area (TPSA) is 47.3 Å². The highest BCUT2D eigenvalue weighted by molar-refractivity contribution is 9.10. The summed E-state index contributed by atoms with van der Waals surface area (Å²) in [5.74, 6) is -0.325. The van der Waals surface area contributed by atoms with Crippen LogP contribution in [0.1, 0.15) is 5.56 Å². The molecule has 2 rings (SSSR count). The van der Waals surface area contributed by atoms with Gasteiger partial charge < -0.3 is 15.8 Å². The number of anilines is 3. The first-order valence-corrected chi connectivity index (χ1v) is 6.46. The van der Waals surface area contributed by atoms with Gasteiger partial charge in [-0.3, -0.25) is 0 Å². The fraction of sp³-hybridized carbons (Fsp3) is 0.143. The third-order valence-electron chi connectivity index (χ3n) is 2.72. The molecule has 0 radical (unpaired) electrons. The molecule has 0 saturated carbocycles. The van der Waals surface area contributed by atoms with Crippen LogP contribution in [0.4, 0.5) is 21.5 Å². The van der Waals surface area contributed by atoms with E-state index in [-0.39, 0.29) is 5.75 Å². The fourth-order valence-electron chi connectivity index (χ4n) is 1.71. The first kappa shape index (κ1) is 13.7. The second kappa shape index (κ2) is 5.48. The Balaban J connectivity index is 2.40. The van der Waals surface area contributed by atoms with Crippen LogP contribution in [0.15, 0.2) is 34.8 Å². The van der Waals surface area contributed by atoms with Crippen LogP contribution in [0.25, 0.3) is 0 Å². The van der Waals surface area contributed by atoms with Crippen molar-refractivity contribution in [2.45, 2.75) is 6.92 Å². The summed E-state index contributed by atoms with van der Waals surface area (Å²) >= 11 is 3.45. The average molecular weight is 325 g/mol. The van der Waals surface area contributed by atoms with Crippen molar-refractivity contribution in [3.8, 4) is 5.75 Å². The van der Waals surface area contributed by atoms with E-state index in [1.807, 2.05) is 25.1 Å². The maximum atomic E-state index is 13.5. The minimum absolute atomic E-state index is 0.153. The third-order valence-corrected chi connectivity index (χ3v) is 3.41. The Kier molecular flexibility index (Phi) is 3.95. The standard InChI is InChI=1S/C14H14BrFN2O/c1-8-3-4-9(15)12(5-8)18-13-7-14(19-2)10(16)6-11(13)17/h3-7,18H,17H2,1-2H3. The largest absolute Gasteiger partial charge is 0.494 e. The lowest BCUT2D eigenvalue weighted by Gasteiger charge is -2.13. The zero-order valence-corrected chi connectivity index (χ0v) is 12.2. The molecule has 0 aliphatic heterocycles. The van der Waals surface area contributed by atoms with Crippen LogP contribution in [0.2, 0.25) is 0 Å². The average Bonchev–Trinajstić information content (AvgIpc) is 2.37. The molecule has 0 aliphatic carbocycles. The van der Waals surface area contributed by atoms with Gasteiger partial charge in [0, 0.05) is 16.6 Å². The van der Waals surface area contributed by atoms with Crippen molar-refractivity contribution in [1.29, 1.82) is 0 Å². The fourth-order valence-corrected chi connectivity index (χ4v) is 2.06. The minimum Gasteiger partial charge on any atom is -0.494 e. The molecule has 0 fully saturated rings. The van der Waals surface area contributed by atoms with Crippen molar-refractivity contribution < 1.29 is 9.13 Å². The highest BCUT2D eigenvalue weighted by Gasteiger charge is 2.09. The first-order chi connectivity index (χ1) is 9.01. The normalized spacial score (nSPS) is 10.3. The van der Waals surface area contributed by atoms with Crippen LogP contribution >= 0.6 is 15.9 Å². The molecule has 19 heavy (non-hydrogen) atoms. The molecule has 5 heteroatoms. The summed E-state index contributed by atoms with van der Waals surface area (Å²) < 4.78 is 19.3. The molecule has 0 saturated heterocycles. The molecule has 2 aromatic carbocycles. The number of hydrogen-bond donors (Lipinski definition) is 2. The Hall–Kier alpha value is -1.75. The van der Waals surface area contributed by atoms with E-state index in [1.165, 1.54) is 13.2 Å². The molecule has 3 nitrogen and oxygen atoms in total. The lowest BCUT2D eigenvalue weighted by atomic mass is 10.2. The molecular weight excluding hydrogens is 311 g/mol. The molecule has 0 aliphatic rings. The second-order valence-corrected chi connectivity index (χ2v) is 5.04. The number of nitrogens with one attached hydrogen (secondary N) is 1. The van der Waals surface area contributed by atoms with Gasteiger partial charge >= 0.3 is 0 Å². The summed E-state index contributed by atoms with van der Waals surface area (Å²) in [6.07, 6.45) is 0.